The van der Waals surface area contributed by atoms with Crippen LogP contribution in [0.3, 0.4) is 0 Å². The lowest BCUT2D eigenvalue weighted by molar-refractivity contribution is -0.127. The zero-order chi connectivity index (χ0) is 15.4. The first-order valence-corrected chi connectivity index (χ1v) is 7.68. The van der Waals surface area contributed by atoms with E-state index in [1.54, 1.807) is 23.3 Å². The van der Waals surface area contributed by atoms with E-state index in [1.165, 1.54) is 0 Å². The fourth-order valence-corrected chi connectivity index (χ4v) is 2.70. The number of likely N-dealkylation sites (tertiary alicyclic amines) is 1. The number of aromatic nitrogens is 3. The summed E-state index contributed by atoms with van der Waals surface area (Å²) in [7, 11) is 0. The van der Waals surface area contributed by atoms with E-state index in [2.05, 4.69) is 10.2 Å². The maximum atomic E-state index is 12.2. The van der Waals surface area contributed by atoms with E-state index in [1.807, 2.05) is 35.2 Å². The van der Waals surface area contributed by atoms with Crippen molar-refractivity contribution in [1.82, 2.24) is 19.9 Å². The van der Waals surface area contributed by atoms with Crippen molar-refractivity contribution >= 4 is 23.6 Å². The molecule has 1 saturated heterocycles. The van der Waals surface area contributed by atoms with Crippen molar-refractivity contribution < 1.29 is 4.79 Å². The summed E-state index contributed by atoms with van der Waals surface area (Å²) >= 11 is 5.84. The van der Waals surface area contributed by atoms with E-state index in [9.17, 15) is 4.79 Å². The van der Waals surface area contributed by atoms with Crippen LogP contribution in [0.2, 0.25) is 5.02 Å². The lowest BCUT2D eigenvalue weighted by Gasteiger charge is -2.30. The molecule has 2 heterocycles. The van der Waals surface area contributed by atoms with Crippen LogP contribution in [0.5, 0.6) is 0 Å². The molecule has 0 bridgehead atoms. The van der Waals surface area contributed by atoms with Crippen LogP contribution in [0.15, 0.2) is 42.7 Å². The SMILES string of the molecule is O=C(/C=C/c1ccc(Cl)cc1)N1CCC(n2nccn2)CC1. The quantitative estimate of drug-likeness (QED) is 0.818. The number of piperidine rings is 1. The van der Waals surface area contributed by atoms with E-state index in [4.69, 9.17) is 11.6 Å². The van der Waals surface area contributed by atoms with E-state index >= 15 is 0 Å². The van der Waals surface area contributed by atoms with Gasteiger partial charge in [0.15, 0.2) is 0 Å². The minimum atomic E-state index is 0.0434. The molecule has 1 aliphatic heterocycles. The van der Waals surface area contributed by atoms with Gasteiger partial charge in [-0.15, -0.1) is 0 Å². The van der Waals surface area contributed by atoms with Crippen LogP contribution in [0, 0.1) is 0 Å². The first-order chi connectivity index (χ1) is 10.7. The van der Waals surface area contributed by atoms with Crippen LogP contribution in [-0.2, 0) is 4.79 Å². The largest absolute Gasteiger partial charge is 0.339 e. The molecule has 0 aliphatic carbocycles. The lowest BCUT2D eigenvalue weighted by atomic mass is 10.1. The average Bonchev–Trinajstić information content (AvgIpc) is 3.09. The zero-order valence-corrected chi connectivity index (χ0v) is 12.9. The van der Waals surface area contributed by atoms with Crippen LogP contribution in [0.4, 0.5) is 0 Å². The second-order valence-electron chi connectivity index (χ2n) is 5.29. The Balaban J connectivity index is 1.54. The summed E-state index contributed by atoms with van der Waals surface area (Å²) < 4.78 is 0. The number of carbonyl (C=O) groups excluding carboxylic acids is 1. The summed E-state index contributed by atoms with van der Waals surface area (Å²) in [5, 5.41) is 9.03. The van der Waals surface area contributed by atoms with Crippen molar-refractivity contribution in [3.63, 3.8) is 0 Å². The Morgan fingerprint density at radius 2 is 1.77 bits per heavy atom. The highest BCUT2D eigenvalue weighted by atomic mass is 35.5. The molecule has 0 N–H and O–H groups in total. The molecule has 2 aromatic rings. The Labute approximate surface area is 134 Å². The van der Waals surface area contributed by atoms with Gasteiger partial charge in [0.25, 0.3) is 0 Å². The minimum absolute atomic E-state index is 0.0434. The van der Waals surface area contributed by atoms with Crippen molar-refractivity contribution in [3.8, 4) is 0 Å². The van der Waals surface area contributed by atoms with Gasteiger partial charge in [-0.05, 0) is 36.6 Å². The molecule has 3 rings (SSSR count). The first-order valence-electron chi connectivity index (χ1n) is 7.31. The van der Waals surface area contributed by atoms with Gasteiger partial charge in [-0.3, -0.25) is 4.79 Å². The summed E-state index contributed by atoms with van der Waals surface area (Å²) in [6, 6.07) is 7.70. The summed E-state index contributed by atoms with van der Waals surface area (Å²) in [4.78, 5) is 15.8. The highest BCUT2D eigenvalue weighted by Crippen LogP contribution is 2.20. The number of benzene rings is 1. The molecule has 0 radical (unpaired) electrons. The zero-order valence-electron chi connectivity index (χ0n) is 12.1. The molecule has 0 atom stereocenters. The maximum Gasteiger partial charge on any atom is 0.246 e. The van der Waals surface area contributed by atoms with Gasteiger partial charge in [-0.2, -0.15) is 15.0 Å². The van der Waals surface area contributed by atoms with Crippen LogP contribution in [0.25, 0.3) is 6.08 Å². The van der Waals surface area contributed by atoms with Crippen LogP contribution in [-0.4, -0.2) is 38.9 Å². The number of nitrogens with zero attached hydrogens (tertiary/aromatic N) is 4. The van der Waals surface area contributed by atoms with Crippen molar-refractivity contribution in [2.45, 2.75) is 18.9 Å². The molecule has 1 fully saturated rings. The number of carbonyl (C=O) groups is 1. The molecular weight excluding hydrogens is 300 g/mol. The van der Waals surface area contributed by atoms with Gasteiger partial charge in [0.1, 0.15) is 0 Å². The maximum absolute atomic E-state index is 12.2. The van der Waals surface area contributed by atoms with Gasteiger partial charge in [0.05, 0.1) is 18.4 Å². The van der Waals surface area contributed by atoms with E-state index in [0.29, 0.717) is 11.1 Å². The Kier molecular flexibility index (Phi) is 4.53. The van der Waals surface area contributed by atoms with Gasteiger partial charge < -0.3 is 4.90 Å². The Bertz CT molecular complexity index is 643. The number of hydrogen-bond donors (Lipinski definition) is 0. The Hall–Kier alpha value is -2.14. The van der Waals surface area contributed by atoms with E-state index in [0.717, 1.165) is 31.5 Å². The smallest absolute Gasteiger partial charge is 0.246 e. The predicted molar refractivity (Wildman–Crippen MR) is 85.4 cm³/mol. The summed E-state index contributed by atoms with van der Waals surface area (Å²) in [6.45, 7) is 1.46. The number of halogens is 1. The second kappa shape index (κ2) is 6.75. The molecule has 0 saturated carbocycles. The van der Waals surface area contributed by atoms with Gasteiger partial charge in [0, 0.05) is 24.2 Å². The number of amides is 1. The normalized spacial score (nSPS) is 16.3. The van der Waals surface area contributed by atoms with Gasteiger partial charge >= 0.3 is 0 Å². The Morgan fingerprint density at radius 3 is 2.41 bits per heavy atom. The second-order valence-corrected chi connectivity index (χ2v) is 5.73. The van der Waals surface area contributed by atoms with Crippen LogP contribution < -0.4 is 0 Å². The molecule has 6 heteroatoms. The Morgan fingerprint density at radius 1 is 1.14 bits per heavy atom. The van der Waals surface area contributed by atoms with Crippen molar-refractivity contribution in [2.24, 2.45) is 0 Å². The fraction of sp³-hybridized carbons (Fsp3) is 0.312. The monoisotopic (exact) mass is 316 g/mol. The van der Waals surface area contributed by atoms with Crippen molar-refractivity contribution in [1.29, 1.82) is 0 Å². The molecular formula is C16H17ClN4O. The molecule has 5 nitrogen and oxygen atoms in total. The molecule has 1 amide bonds. The summed E-state index contributed by atoms with van der Waals surface area (Å²) in [5.74, 6) is 0.0434. The minimum Gasteiger partial charge on any atom is -0.339 e. The molecule has 0 unspecified atom stereocenters. The third-order valence-electron chi connectivity index (χ3n) is 3.83. The molecule has 0 spiro atoms. The fourth-order valence-electron chi connectivity index (χ4n) is 2.58. The molecule has 114 valence electrons. The van der Waals surface area contributed by atoms with Gasteiger partial charge in [-0.1, -0.05) is 23.7 Å². The van der Waals surface area contributed by atoms with E-state index < -0.39 is 0 Å². The molecule has 1 aliphatic rings. The third kappa shape index (κ3) is 3.54. The molecule has 22 heavy (non-hydrogen) atoms. The van der Waals surface area contributed by atoms with Crippen LogP contribution in [0.1, 0.15) is 24.4 Å². The van der Waals surface area contributed by atoms with Crippen LogP contribution >= 0.6 is 11.6 Å². The van der Waals surface area contributed by atoms with E-state index in [-0.39, 0.29) is 5.91 Å². The van der Waals surface area contributed by atoms with Crippen molar-refractivity contribution in [2.75, 3.05) is 13.1 Å². The molecule has 1 aromatic carbocycles. The van der Waals surface area contributed by atoms with Gasteiger partial charge in [0.2, 0.25) is 5.91 Å². The lowest BCUT2D eigenvalue weighted by Crippen LogP contribution is -2.38. The summed E-state index contributed by atoms with van der Waals surface area (Å²) in [6.07, 6.45) is 8.58. The number of rotatable bonds is 3. The molecule has 1 aromatic heterocycles. The standard InChI is InChI=1S/C16H17ClN4O/c17-14-4-1-13(2-5-14)3-6-16(22)20-11-7-15(8-12-20)21-18-9-10-19-21/h1-6,9-10,15H,7-8,11-12H2/b6-3+. The first kappa shape index (κ1) is 14.8. The van der Waals surface area contributed by atoms with Crippen molar-refractivity contribution in [3.05, 3.63) is 53.3 Å². The number of hydrogen-bond acceptors (Lipinski definition) is 3. The highest BCUT2D eigenvalue weighted by molar-refractivity contribution is 6.30. The van der Waals surface area contributed by atoms with Gasteiger partial charge in [-0.25, -0.2) is 0 Å². The predicted octanol–water partition coefficient (Wildman–Crippen LogP) is 2.81. The summed E-state index contributed by atoms with van der Waals surface area (Å²) in [5.41, 5.74) is 0.966. The topological polar surface area (TPSA) is 51.0 Å². The average molecular weight is 317 g/mol. The third-order valence-corrected chi connectivity index (χ3v) is 4.08. The highest BCUT2D eigenvalue weighted by Gasteiger charge is 2.23.